The molecule has 84 valence electrons. The van der Waals surface area contributed by atoms with Gasteiger partial charge in [0.25, 0.3) is 10.0 Å². The van der Waals surface area contributed by atoms with E-state index in [2.05, 4.69) is 4.40 Å². The van der Waals surface area contributed by atoms with Crippen molar-refractivity contribution in [2.45, 2.75) is 0 Å². The van der Waals surface area contributed by atoms with E-state index >= 15 is 0 Å². The van der Waals surface area contributed by atoms with Gasteiger partial charge in [0.05, 0.1) is 0 Å². The zero-order valence-corrected chi connectivity index (χ0v) is 10.9. The van der Waals surface area contributed by atoms with Gasteiger partial charge in [0.1, 0.15) is 8.61 Å². The monoisotopic (exact) mass is 271 g/mol. The van der Waals surface area contributed by atoms with Gasteiger partial charge in [-0.2, -0.15) is 8.42 Å². The van der Waals surface area contributed by atoms with Crippen LogP contribution in [0.15, 0.2) is 39.0 Å². The summed E-state index contributed by atoms with van der Waals surface area (Å²) in [5.41, 5.74) is 0.867. The fourth-order valence-electron chi connectivity index (χ4n) is 1.17. The van der Waals surface area contributed by atoms with Crippen LogP contribution >= 0.6 is 23.5 Å². The summed E-state index contributed by atoms with van der Waals surface area (Å²) >= 11 is 2.54. The molecule has 0 spiro atoms. The normalized spacial score (nSPS) is 21.1. The van der Waals surface area contributed by atoms with Crippen molar-refractivity contribution in [3.8, 4) is 0 Å². The lowest BCUT2D eigenvalue weighted by molar-refractivity contribution is 0.606. The number of thioether (sulfide) groups is 2. The zero-order valence-electron chi connectivity index (χ0n) is 8.45. The van der Waals surface area contributed by atoms with Gasteiger partial charge in [-0.3, -0.25) is 0 Å². The highest BCUT2D eigenvalue weighted by molar-refractivity contribution is 8.45. The van der Waals surface area contributed by atoms with Crippen LogP contribution in [0.4, 0.5) is 0 Å². The van der Waals surface area contributed by atoms with E-state index < -0.39 is 10.0 Å². The van der Waals surface area contributed by atoms with Gasteiger partial charge < -0.3 is 0 Å². The van der Waals surface area contributed by atoms with Crippen molar-refractivity contribution >= 4 is 44.0 Å². The fraction of sp³-hybridized carbons (Fsp3) is 0.100. The average Bonchev–Trinajstić information content (AvgIpc) is 2.55. The van der Waals surface area contributed by atoms with Crippen LogP contribution in [0.25, 0.3) is 6.08 Å². The maximum Gasteiger partial charge on any atom is 0.290 e. The molecule has 0 N–H and O–H groups in total. The summed E-state index contributed by atoms with van der Waals surface area (Å²) in [7, 11) is -3.46. The number of hydrogen-bond donors (Lipinski definition) is 0. The quantitative estimate of drug-likeness (QED) is 0.788. The summed E-state index contributed by atoms with van der Waals surface area (Å²) in [6, 6.07) is 9.35. The van der Waals surface area contributed by atoms with Crippen molar-refractivity contribution in [2.24, 2.45) is 4.40 Å². The van der Waals surface area contributed by atoms with Crippen LogP contribution in [0, 0.1) is 0 Å². The lowest BCUT2D eigenvalue weighted by Crippen LogP contribution is -1.90. The maximum absolute atomic E-state index is 11.6. The van der Waals surface area contributed by atoms with Crippen LogP contribution in [0.3, 0.4) is 0 Å². The molecule has 6 heteroatoms. The third-order valence-electron chi connectivity index (χ3n) is 1.90. The van der Waals surface area contributed by atoms with E-state index in [9.17, 15) is 8.42 Å². The van der Waals surface area contributed by atoms with Gasteiger partial charge in [-0.15, -0.1) is 16.2 Å². The molecule has 0 fully saturated rings. The standard InChI is InChI=1S/C10H9NO2S3/c1-14-10-11-16(12,13)9(15-10)7-8-5-3-2-4-6-8/h2-7H,1H3/b9-7-. The van der Waals surface area contributed by atoms with Gasteiger partial charge in [-0.05, 0) is 29.7 Å². The van der Waals surface area contributed by atoms with Gasteiger partial charge in [0, 0.05) is 0 Å². The summed E-state index contributed by atoms with van der Waals surface area (Å²) in [6.45, 7) is 0. The van der Waals surface area contributed by atoms with Crippen LogP contribution < -0.4 is 0 Å². The van der Waals surface area contributed by atoms with Gasteiger partial charge in [0.2, 0.25) is 0 Å². The molecule has 0 saturated heterocycles. The van der Waals surface area contributed by atoms with Crippen LogP contribution in [0.1, 0.15) is 5.56 Å². The van der Waals surface area contributed by atoms with Crippen LogP contribution in [-0.2, 0) is 10.0 Å². The van der Waals surface area contributed by atoms with Gasteiger partial charge >= 0.3 is 0 Å². The molecule has 3 nitrogen and oxygen atoms in total. The topological polar surface area (TPSA) is 46.5 Å². The van der Waals surface area contributed by atoms with Crippen molar-refractivity contribution in [1.29, 1.82) is 0 Å². The molecule has 0 radical (unpaired) electrons. The van der Waals surface area contributed by atoms with Crippen molar-refractivity contribution in [2.75, 3.05) is 6.26 Å². The number of benzene rings is 1. The fourth-order valence-corrected chi connectivity index (χ4v) is 4.67. The summed E-state index contributed by atoms with van der Waals surface area (Å²) in [4.78, 5) is 0. The van der Waals surface area contributed by atoms with E-state index in [1.807, 2.05) is 36.6 Å². The van der Waals surface area contributed by atoms with Crippen molar-refractivity contribution in [1.82, 2.24) is 0 Å². The second-order valence-electron chi connectivity index (χ2n) is 3.01. The summed E-state index contributed by atoms with van der Waals surface area (Å²) in [5, 5.41) is 0. The summed E-state index contributed by atoms with van der Waals surface area (Å²) < 4.78 is 27.8. The van der Waals surface area contributed by atoms with E-state index in [1.165, 1.54) is 23.5 Å². The minimum Gasteiger partial charge on any atom is -0.199 e. The molecule has 16 heavy (non-hydrogen) atoms. The summed E-state index contributed by atoms with van der Waals surface area (Å²) in [6.07, 6.45) is 3.46. The molecular weight excluding hydrogens is 262 g/mol. The molecule has 2 rings (SSSR count). The smallest absolute Gasteiger partial charge is 0.199 e. The van der Waals surface area contributed by atoms with Gasteiger partial charge in [-0.1, -0.05) is 30.3 Å². The third-order valence-corrected chi connectivity index (χ3v) is 5.83. The predicted molar refractivity (Wildman–Crippen MR) is 71.9 cm³/mol. The Labute approximate surface area is 103 Å². The first-order valence-electron chi connectivity index (χ1n) is 4.45. The SMILES string of the molecule is CSC1=NS(=O)(=O)/C(=C\c2ccccc2)S1. The number of rotatable bonds is 1. The predicted octanol–water partition coefficient (Wildman–Crippen LogP) is 2.78. The first kappa shape index (κ1) is 11.8. The molecule has 0 unspecified atom stereocenters. The Morgan fingerprint density at radius 2 is 2.00 bits per heavy atom. The lowest BCUT2D eigenvalue weighted by Gasteiger charge is -1.95. The molecule has 0 saturated carbocycles. The highest BCUT2D eigenvalue weighted by Gasteiger charge is 2.27. The van der Waals surface area contributed by atoms with E-state index in [1.54, 1.807) is 6.08 Å². The van der Waals surface area contributed by atoms with E-state index in [-0.39, 0.29) is 0 Å². The second kappa shape index (κ2) is 4.65. The molecule has 0 bridgehead atoms. The zero-order chi connectivity index (χ0) is 11.6. The Morgan fingerprint density at radius 1 is 1.31 bits per heavy atom. The Bertz CT molecular complexity index is 547. The number of nitrogens with zero attached hydrogens (tertiary/aromatic N) is 1. The second-order valence-corrected chi connectivity index (χ2v) is 6.93. The molecule has 0 atom stereocenters. The third kappa shape index (κ3) is 2.50. The molecule has 0 aliphatic carbocycles. The van der Waals surface area contributed by atoms with E-state index in [0.29, 0.717) is 8.61 Å². The molecule has 1 aliphatic rings. The minimum atomic E-state index is -3.46. The van der Waals surface area contributed by atoms with E-state index in [4.69, 9.17) is 0 Å². The van der Waals surface area contributed by atoms with Crippen molar-refractivity contribution in [3.05, 3.63) is 40.1 Å². The van der Waals surface area contributed by atoms with Crippen molar-refractivity contribution in [3.63, 3.8) is 0 Å². The molecular formula is C10H9NO2S3. The molecule has 1 aromatic rings. The van der Waals surface area contributed by atoms with Gasteiger partial charge in [0.15, 0.2) is 0 Å². The highest BCUT2D eigenvalue weighted by Crippen LogP contribution is 2.37. The van der Waals surface area contributed by atoms with Crippen molar-refractivity contribution < 1.29 is 8.42 Å². The molecule has 1 aliphatic heterocycles. The average molecular weight is 271 g/mol. The highest BCUT2D eigenvalue weighted by atomic mass is 32.3. The minimum absolute atomic E-state index is 0.294. The Balaban J connectivity index is 2.36. The van der Waals surface area contributed by atoms with Crippen LogP contribution in [0.2, 0.25) is 0 Å². The molecule has 0 aromatic heterocycles. The lowest BCUT2D eigenvalue weighted by atomic mass is 10.2. The summed E-state index contributed by atoms with van der Waals surface area (Å²) in [5.74, 6) is 0. The molecule has 0 amide bonds. The van der Waals surface area contributed by atoms with Crippen LogP contribution in [-0.4, -0.2) is 19.0 Å². The Hall–Kier alpha value is -0.720. The molecule has 1 aromatic carbocycles. The van der Waals surface area contributed by atoms with E-state index in [0.717, 1.165) is 5.56 Å². The largest absolute Gasteiger partial charge is 0.290 e. The molecule has 1 heterocycles. The van der Waals surface area contributed by atoms with Crippen LogP contribution in [0.5, 0.6) is 0 Å². The first-order chi connectivity index (χ1) is 7.62. The number of hydrogen-bond acceptors (Lipinski definition) is 4. The maximum atomic E-state index is 11.6. The Morgan fingerprint density at radius 3 is 2.56 bits per heavy atom. The Kier molecular flexibility index (Phi) is 3.41. The first-order valence-corrected chi connectivity index (χ1v) is 7.93. The number of sulfonamides is 1. The van der Waals surface area contributed by atoms with Gasteiger partial charge in [-0.25, -0.2) is 0 Å².